The zero-order valence-corrected chi connectivity index (χ0v) is 17.2. The van der Waals surface area contributed by atoms with Crippen LogP contribution in [-0.2, 0) is 16.6 Å². The molecule has 2 N–H and O–H groups in total. The smallest absolute Gasteiger partial charge is 0.374 e. The first kappa shape index (κ1) is 23.7. The molecule has 0 heterocycles. The number of likely N-dealkylation sites (N-methyl/N-ethyl adjacent to an activating group) is 1. The lowest BCUT2D eigenvalue weighted by molar-refractivity contribution is -0.137. The molecule has 0 aromatic heterocycles. The molecule has 0 radical (unpaired) electrons. The standard InChI is InChI=1S/C21H21ClF3N3O2/c1-3-28(4-2)13-20(30,15-6-8-16(9-7-15)21(23,24)25)19(29)27-17-10-5-14(12-26)18(22)11-17/h5-11,30H,3-4,13H2,1-2H3,(H,27,29). The highest BCUT2D eigenvalue weighted by molar-refractivity contribution is 6.32. The first-order chi connectivity index (χ1) is 14.0. The largest absolute Gasteiger partial charge is 0.416 e. The summed E-state index contributed by atoms with van der Waals surface area (Å²) in [6.45, 7) is 4.61. The van der Waals surface area contributed by atoms with Crippen molar-refractivity contribution in [1.82, 2.24) is 4.90 Å². The molecular formula is C21H21ClF3N3O2. The van der Waals surface area contributed by atoms with E-state index in [0.29, 0.717) is 13.1 Å². The quantitative estimate of drug-likeness (QED) is 0.670. The Hall–Kier alpha value is -2.60. The molecule has 1 amide bonds. The van der Waals surface area contributed by atoms with Crippen molar-refractivity contribution in [2.24, 2.45) is 0 Å². The van der Waals surface area contributed by atoms with Gasteiger partial charge in [0.05, 0.1) is 16.1 Å². The van der Waals surface area contributed by atoms with E-state index in [-0.39, 0.29) is 28.4 Å². The predicted octanol–water partition coefficient (Wildman–Crippen LogP) is 4.40. The fourth-order valence-electron chi connectivity index (χ4n) is 2.92. The summed E-state index contributed by atoms with van der Waals surface area (Å²) in [5.74, 6) is -0.824. The zero-order chi connectivity index (χ0) is 22.5. The van der Waals surface area contributed by atoms with Gasteiger partial charge >= 0.3 is 6.18 Å². The summed E-state index contributed by atoms with van der Waals surface area (Å²) in [6.07, 6.45) is -4.53. The van der Waals surface area contributed by atoms with Gasteiger partial charge in [-0.3, -0.25) is 4.79 Å². The van der Waals surface area contributed by atoms with Crippen LogP contribution in [0.25, 0.3) is 0 Å². The molecule has 1 atom stereocenters. The maximum atomic E-state index is 13.0. The molecule has 5 nitrogen and oxygen atoms in total. The third kappa shape index (κ3) is 5.30. The van der Waals surface area contributed by atoms with Gasteiger partial charge in [0, 0.05) is 12.2 Å². The van der Waals surface area contributed by atoms with Gasteiger partial charge in [-0.15, -0.1) is 0 Å². The highest BCUT2D eigenvalue weighted by Crippen LogP contribution is 2.32. The van der Waals surface area contributed by atoms with Gasteiger partial charge in [0.2, 0.25) is 0 Å². The van der Waals surface area contributed by atoms with Crippen LogP contribution in [0.5, 0.6) is 0 Å². The van der Waals surface area contributed by atoms with Crippen molar-refractivity contribution in [3.05, 3.63) is 64.2 Å². The topological polar surface area (TPSA) is 76.4 Å². The molecule has 0 spiro atoms. The summed E-state index contributed by atoms with van der Waals surface area (Å²) in [7, 11) is 0. The molecule has 1 unspecified atom stereocenters. The van der Waals surface area contributed by atoms with E-state index in [1.807, 2.05) is 19.9 Å². The summed E-state index contributed by atoms with van der Waals surface area (Å²) in [5.41, 5.74) is -2.50. The molecule has 0 saturated heterocycles. The van der Waals surface area contributed by atoms with Crippen molar-refractivity contribution in [3.8, 4) is 6.07 Å². The second-order valence-electron chi connectivity index (χ2n) is 6.66. The number of carbonyl (C=O) groups excluding carboxylic acids is 1. The maximum absolute atomic E-state index is 13.0. The van der Waals surface area contributed by atoms with Crippen LogP contribution in [0, 0.1) is 11.3 Å². The molecule has 2 aromatic rings. The Morgan fingerprint density at radius 3 is 2.17 bits per heavy atom. The van der Waals surface area contributed by atoms with Crippen LogP contribution in [0.2, 0.25) is 5.02 Å². The number of amides is 1. The maximum Gasteiger partial charge on any atom is 0.416 e. The average molecular weight is 440 g/mol. The van der Waals surface area contributed by atoms with Crippen LogP contribution >= 0.6 is 11.6 Å². The third-order valence-corrected chi connectivity index (χ3v) is 5.07. The number of alkyl halides is 3. The number of carbonyl (C=O) groups is 1. The molecule has 0 bridgehead atoms. The van der Waals surface area contributed by atoms with E-state index in [1.54, 1.807) is 4.90 Å². The molecule has 0 aliphatic carbocycles. The normalized spacial score (nSPS) is 13.6. The fraction of sp³-hybridized carbons (Fsp3) is 0.333. The molecule has 0 aliphatic rings. The van der Waals surface area contributed by atoms with E-state index in [9.17, 15) is 23.1 Å². The lowest BCUT2D eigenvalue weighted by atomic mass is 9.91. The monoisotopic (exact) mass is 439 g/mol. The van der Waals surface area contributed by atoms with Gasteiger partial charge in [0.25, 0.3) is 5.91 Å². The summed E-state index contributed by atoms with van der Waals surface area (Å²) in [4.78, 5) is 14.8. The van der Waals surface area contributed by atoms with Gasteiger partial charge in [0.1, 0.15) is 6.07 Å². The van der Waals surface area contributed by atoms with Crippen LogP contribution in [0.4, 0.5) is 18.9 Å². The Morgan fingerprint density at radius 1 is 1.13 bits per heavy atom. The first-order valence-electron chi connectivity index (χ1n) is 9.18. The number of rotatable bonds is 7. The lowest BCUT2D eigenvalue weighted by Crippen LogP contribution is -2.49. The van der Waals surface area contributed by atoms with E-state index < -0.39 is 23.2 Å². The van der Waals surface area contributed by atoms with Gasteiger partial charge in [-0.05, 0) is 49.0 Å². The number of hydrogen-bond donors (Lipinski definition) is 2. The van der Waals surface area contributed by atoms with Crippen LogP contribution < -0.4 is 5.32 Å². The number of anilines is 1. The molecule has 9 heteroatoms. The van der Waals surface area contributed by atoms with Crippen LogP contribution in [0.3, 0.4) is 0 Å². The summed E-state index contributed by atoms with van der Waals surface area (Å²) < 4.78 is 38.7. The summed E-state index contributed by atoms with van der Waals surface area (Å²) >= 11 is 5.98. The minimum Gasteiger partial charge on any atom is -0.374 e. The number of nitrogens with one attached hydrogen (secondary N) is 1. The van der Waals surface area contributed by atoms with E-state index in [0.717, 1.165) is 24.3 Å². The highest BCUT2D eigenvalue weighted by Gasteiger charge is 2.40. The third-order valence-electron chi connectivity index (χ3n) is 4.76. The van der Waals surface area contributed by atoms with Crippen molar-refractivity contribution in [1.29, 1.82) is 5.26 Å². The molecule has 0 saturated carbocycles. The van der Waals surface area contributed by atoms with Crippen molar-refractivity contribution < 1.29 is 23.1 Å². The molecule has 0 aliphatic heterocycles. The summed E-state index contributed by atoms with van der Waals surface area (Å²) in [5, 5.41) is 22.9. The molecule has 0 fully saturated rings. The molecule has 30 heavy (non-hydrogen) atoms. The van der Waals surface area contributed by atoms with E-state index in [1.165, 1.54) is 18.2 Å². The van der Waals surface area contributed by atoms with Gasteiger partial charge < -0.3 is 15.3 Å². The molecule has 2 rings (SSSR count). The highest BCUT2D eigenvalue weighted by atomic mass is 35.5. The molecule has 160 valence electrons. The van der Waals surface area contributed by atoms with Crippen molar-refractivity contribution in [2.75, 3.05) is 25.0 Å². The van der Waals surface area contributed by atoms with Gasteiger partial charge in [-0.25, -0.2) is 0 Å². The second-order valence-corrected chi connectivity index (χ2v) is 7.06. The van der Waals surface area contributed by atoms with Crippen molar-refractivity contribution >= 4 is 23.2 Å². The van der Waals surface area contributed by atoms with Gasteiger partial charge in [0.15, 0.2) is 5.60 Å². The Bertz CT molecular complexity index is 938. The number of nitrogens with zero attached hydrogens (tertiary/aromatic N) is 2. The number of hydrogen-bond acceptors (Lipinski definition) is 4. The van der Waals surface area contributed by atoms with E-state index >= 15 is 0 Å². The number of nitriles is 1. The van der Waals surface area contributed by atoms with Crippen molar-refractivity contribution in [2.45, 2.75) is 25.6 Å². The molecular weight excluding hydrogens is 419 g/mol. The second kappa shape index (κ2) is 9.47. The Labute approximate surface area is 177 Å². The Morgan fingerprint density at radius 2 is 1.70 bits per heavy atom. The Balaban J connectivity index is 2.41. The van der Waals surface area contributed by atoms with Crippen LogP contribution in [-0.4, -0.2) is 35.5 Å². The van der Waals surface area contributed by atoms with E-state index in [2.05, 4.69) is 5.32 Å². The average Bonchev–Trinajstić information content (AvgIpc) is 2.71. The zero-order valence-electron chi connectivity index (χ0n) is 16.4. The molecule has 2 aromatic carbocycles. The number of benzene rings is 2. The van der Waals surface area contributed by atoms with Crippen LogP contribution in [0.1, 0.15) is 30.5 Å². The minimum atomic E-state index is -4.53. The fourth-order valence-corrected chi connectivity index (χ4v) is 3.14. The lowest BCUT2D eigenvalue weighted by Gasteiger charge is -2.33. The minimum absolute atomic E-state index is 0.0274. The summed E-state index contributed by atoms with van der Waals surface area (Å²) in [6, 6.07) is 9.97. The van der Waals surface area contributed by atoms with Gasteiger partial charge in [-0.1, -0.05) is 37.6 Å². The van der Waals surface area contributed by atoms with E-state index in [4.69, 9.17) is 16.9 Å². The predicted molar refractivity (Wildman–Crippen MR) is 108 cm³/mol. The number of halogens is 4. The first-order valence-corrected chi connectivity index (χ1v) is 9.56. The Kier molecular flexibility index (Phi) is 7.48. The number of aliphatic hydroxyl groups is 1. The van der Waals surface area contributed by atoms with Crippen molar-refractivity contribution in [3.63, 3.8) is 0 Å². The SMILES string of the molecule is CCN(CC)CC(O)(C(=O)Nc1ccc(C#N)c(Cl)c1)c1ccc(C(F)(F)F)cc1. The van der Waals surface area contributed by atoms with Gasteiger partial charge in [-0.2, -0.15) is 18.4 Å². The van der Waals surface area contributed by atoms with Crippen LogP contribution in [0.15, 0.2) is 42.5 Å².